The van der Waals surface area contributed by atoms with Crippen LogP contribution in [0.4, 0.5) is 15.8 Å². The first-order chi connectivity index (χ1) is 16.6. The molecule has 4 aromatic rings. The molecule has 1 heterocycles. The molecule has 0 spiro atoms. The van der Waals surface area contributed by atoms with Crippen LogP contribution in [0.5, 0.6) is 0 Å². The number of rotatable bonds is 6. The fourth-order valence-corrected chi connectivity index (χ4v) is 4.72. The van der Waals surface area contributed by atoms with Crippen molar-refractivity contribution in [3.8, 4) is 11.1 Å². The normalized spacial score (nSPS) is 12.5. The lowest BCUT2D eigenvalue weighted by atomic mass is 10.0. The summed E-state index contributed by atoms with van der Waals surface area (Å²) in [7, 11) is -3.32. The number of carbonyl (C=O) groups excluding carboxylic acids is 1. The van der Waals surface area contributed by atoms with Crippen molar-refractivity contribution in [2.45, 2.75) is 16.7 Å². The molecule has 0 fully saturated rings. The molecule has 8 heteroatoms. The SMILES string of the molecule is C=C(C)c1cncc(S(=N)(=O)c2ccc(C(=O)Nc3cc(-c4ccc(F)cc4)ccc3N)cc2)c1. The molecule has 0 aliphatic rings. The molecule has 1 amide bonds. The maximum atomic E-state index is 13.2. The molecule has 0 saturated carbocycles. The van der Waals surface area contributed by atoms with E-state index in [4.69, 9.17) is 10.5 Å². The summed E-state index contributed by atoms with van der Waals surface area (Å²) in [6.45, 7) is 5.66. The van der Waals surface area contributed by atoms with E-state index in [0.29, 0.717) is 22.5 Å². The van der Waals surface area contributed by atoms with Crippen molar-refractivity contribution in [3.63, 3.8) is 0 Å². The van der Waals surface area contributed by atoms with E-state index in [9.17, 15) is 13.4 Å². The lowest BCUT2D eigenvalue weighted by Gasteiger charge is -2.12. The van der Waals surface area contributed by atoms with E-state index in [1.807, 2.05) is 6.92 Å². The Bertz CT molecular complexity index is 1530. The molecule has 1 atom stereocenters. The highest BCUT2D eigenvalue weighted by Gasteiger charge is 2.16. The Labute approximate surface area is 203 Å². The van der Waals surface area contributed by atoms with Gasteiger partial charge in [-0.3, -0.25) is 9.78 Å². The number of hydrogen-bond donors (Lipinski definition) is 3. The van der Waals surface area contributed by atoms with E-state index in [1.165, 1.54) is 42.6 Å². The fourth-order valence-electron chi connectivity index (χ4n) is 3.42. The van der Waals surface area contributed by atoms with E-state index in [2.05, 4.69) is 16.9 Å². The highest BCUT2D eigenvalue weighted by Crippen LogP contribution is 2.28. The van der Waals surface area contributed by atoms with Gasteiger partial charge in [0.25, 0.3) is 5.91 Å². The fraction of sp³-hybridized carbons (Fsp3) is 0.0370. The maximum Gasteiger partial charge on any atom is 0.255 e. The quantitative estimate of drug-likeness (QED) is 0.281. The second kappa shape index (κ2) is 9.52. The van der Waals surface area contributed by atoms with Crippen molar-refractivity contribution < 1.29 is 13.4 Å². The molecule has 0 aliphatic carbocycles. The number of aromatic nitrogens is 1. The first-order valence-electron chi connectivity index (χ1n) is 10.6. The van der Waals surface area contributed by atoms with Gasteiger partial charge in [0.1, 0.15) is 15.5 Å². The van der Waals surface area contributed by atoms with Crippen LogP contribution in [0.3, 0.4) is 0 Å². The average Bonchev–Trinajstić information content (AvgIpc) is 2.86. The Morgan fingerprint density at radius 1 is 0.943 bits per heavy atom. The van der Waals surface area contributed by atoms with Crippen molar-refractivity contribution in [1.29, 1.82) is 4.78 Å². The largest absolute Gasteiger partial charge is 0.397 e. The van der Waals surface area contributed by atoms with Gasteiger partial charge in [-0.2, -0.15) is 0 Å². The molecule has 1 aromatic heterocycles. The molecule has 1 unspecified atom stereocenters. The van der Waals surface area contributed by atoms with Crippen LogP contribution in [0.25, 0.3) is 16.7 Å². The minimum absolute atomic E-state index is 0.257. The minimum atomic E-state index is -3.32. The van der Waals surface area contributed by atoms with Gasteiger partial charge in [0.15, 0.2) is 0 Å². The molecule has 6 nitrogen and oxygen atoms in total. The van der Waals surface area contributed by atoms with Crippen LogP contribution in [0.2, 0.25) is 0 Å². The van der Waals surface area contributed by atoms with Crippen molar-refractivity contribution in [2.24, 2.45) is 0 Å². The Morgan fingerprint density at radius 3 is 2.26 bits per heavy atom. The Morgan fingerprint density at radius 2 is 1.60 bits per heavy atom. The highest BCUT2D eigenvalue weighted by atomic mass is 32.2. The zero-order valence-corrected chi connectivity index (χ0v) is 19.7. The van der Waals surface area contributed by atoms with Crippen LogP contribution >= 0.6 is 0 Å². The summed E-state index contributed by atoms with van der Waals surface area (Å²) in [6, 6.07) is 18.8. The summed E-state index contributed by atoms with van der Waals surface area (Å²) < 4.78 is 34.9. The van der Waals surface area contributed by atoms with E-state index >= 15 is 0 Å². The predicted octanol–water partition coefficient (Wildman–Crippen LogP) is 6.22. The first kappa shape index (κ1) is 23.8. The van der Waals surface area contributed by atoms with Gasteiger partial charge in [0.2, 0.25) is 0 Å². The molecular weight excluding hydrogens is 463 g/mol. The molecule has 176 valence electrons. The van der Waals surface area contributed by atoms with Gasteiger partial charge < -0.3 is 11.1 Å². The lowest BCUT2D eigenvalue weighted by molar-refractivity contribution is 0.102. The van der Waals surface area contributed by atoms with Crippen molar-refractivity contribution in [1.82, 2.24) is 4.98 Å². The molecule has 4 N–H and O–H groups in total. The smallest absolute Gasteiger partial charge is 0.255 e. The Hall–Kier alpha value is -4.30. The monoisotopic (exact) mass is 486 g/mol. The predicted molar refractivity (Wildman–Crippen MR) is 137 cm³/mol. The number of halogens is 1. The van der Waals surface area contributed by atoms with Gasteiger partial charge in [-0.05, 0) is 83.8 Å². The van der Waals surface area contributed by atoms with E-state index in [0.717, 1.165) is 16.7 Å². The number of pyridine rings is 1. The number of anilines is 2. The molecule has 0 bridgehead atoms. The van der Waals surface area contributed by atoms with Crippen LogP contribution in [-0.4, -0.2) is 15.1 Å². The molecule has 35 heavy (non-hydrogen) atoms. The second-order valence-electron chi connectivity index (χ2n) is 8.03. The van der Waals surface area contributed by atoms with E-state index in [-0.39, 0.29) is 15.6 Å². The number of carbonyl (C=O) groups is 1. The summed E-state index contributed by atoms with van der Waals surface area (Å²) in [5, 5.41) is 2.78. The highest BCUT2D eigenvalue weighted by molar-refractivity contribution is 7.92. The lowest BCUT2D eigenvalue weighted by Crippen LogP contribution is -2.13. The third kappa shape index (κ3) is 5.12. The number of nitrogens with one attached hydrogen (secondary N) is 2. The van der Waals surface area contributed by atoms with Gasteiger partial charge in [0, 0.05) is 18.0 Å². The van der Waals surface area contributed by atoms with Gasteiger partial charge in [-0.25, -0.2) is 13.4 Å². The number of hydrogen-bond acceptors (Lipinski definition) is 5. The Kier molecular flexibility index (Phi) is 6.48. The van der Waals surface area contributed by atoms with Gasteiger partial charge in [-0.1, -0.05) is 24.8 Å². The molecule has 0 radical (unpaired) electrons. The Balaban J connectivity index is 1.56. The number of nitrogen functional groups attached to an aromatic ring is 1. The minimum Gasteiger partial charge on any atom is -0.397 e. The summed E-state index contributed by atoms with van der Waals surface area (Å²) in [5.41, 5.74) is 10.2. The van der Waals surface area contributed by atoms with E-state index in [1.54, 1.807) is 42.6 Å². The van der Waals surface area contributed by atoms with Crippen molar-refractivity contribution >= 4 is 32.6 Å². The number of nitrogens with zero attached hydrogens (tertiary/aromatic N) is 1. The van der Waals surface area contributed by atoms with Crippen LogP contribution in [0.1, 0.15) is 22.8 Å². The number of amides is 1. The van der Waals surface area contributed by atoms with Crippen LogP contribution in [-0.2, 0) is 9.73 Å². The maximum absolute atomic E-state index is 13.2. The number of nitrogens with two attached hydrogens (primary N) is 1. The zero-order valence-electron chi connectivity index (χ0n) is 18.9. The molecule has 3 aromatic carbocycles. The van der Waals surface area contributed by atoms with E-state index < -0.39 is 15.6 Å². The molecule has 0 saturated heterocycles. The van der Waals surface area contributed by atoms with Crippen LogP contribution in [0, 0.1) is 10.6 Å². The number of allylic oxidation sites excluding steroid dienone is 1. The molecule has 4 rings (SSSR count). The topological polar surface area (TPSA) is 109 Å². The zero-order chi connectivity index (χ0) is 25.2. The summed E-state index contributed by atoms with van der Waals surface area (Å²) in [4.78, 5) is 17.5. The van der Waals surface area contributed by atoms with Crippen molar-refractivity contribution in [2.75, 3.05) is 11.1 Å². The third-order valence-corrected chi connectivity index (χ3v) is 7.29. The first-order valence-corrected chi connectivity index (χ1v) is 12.2. The van der Waals surface area contributed by atoms with Crippen LogP contribution in [0.15, 0.2) is 102 Å². The molecule has 0 aliphatic heterocycles. The number of benzene rings is 3. The average molecular weight is 487 g/mol. The van der Waals surface area contributed by atoms with Gasteiger partial charge >= 0.3 is 0 Å². The second-order valence-corrected chi connectivity index (χ2v) is 10.1. The third-order valence-electron chi connectivity index (χ3n) is 5.47. The summed E-state index contributed by atoms with van der Waals surface area (Å²) in [5.74, 6) is -0.750. The van der Waals surface area contributed by atoms with Gasteiger partial charge in [0.05, 0.1) is 21.2 Å². The molecular formula is C27H23FN4O2S. The standard InChI is InChI=1S/C27H23FN4O2S/c1-17(2)21-13-24(16-31-15-21)35(30,34)23-10-5-19(6-11-23)27(33)32-26-14-20(7-12-25(26)29)18-3-8-22(28)9-4-18/h3-16,30H,1,29H2,2H3,(H,32,33). The van der Waals surface area contributed by atoms with Crippen LogP contribution < -0.4 is 11.1 Å². The van der Waals surface area contributed by atoms with Crippen molar-refractivity contribution in [3.05, 3.63) is 109 Å². The van der Waals surface area contributed by atoms with Gasteiger partial charge in [-0.15, -0.1) is 0 Å². The summed E-state index contributed by atoms with van der Waals surface area (Å²) >= 11 is 0. The summed E-state index contributed by atoms with van der Waals surface area (Å²) in [6.07, 6.45) is 3.00.